The van der Waals surface area contributed by atoms with Crippen molar-refractivity contribution in [2.45, 2.75) is 13.0 Å². The maximum absolute atomic E-state index is 12.1. The Labute approximate surface area is 126 Å². The molecular weight excluding hydrogens is 316 g/mol. The lowest BCUT2D eigenvalue weighted by Crippen LogP contribution is -2.26. The molecule has 0 aliphatic rings. The molecule has 1 N–H and O–H groups in total. The van der Waals surface area contributed by atoms with Crippen molar-refractivity contribution in [3.63, 3.8) is 0 Å². The highest BCUT2D eigenvalue weighted by Crippen LogP contribution is 2.17. The first-order valence-corrected chi connectivity index (χ1v) is 6.96. The predicted molar refractivity (Wildman–Crippen MR) is 81.2 cm³/mol. The summed E-state index contributed by atoms with van der Waals surface area (Å²) in [6.07, 6.45) is 0. The van der Waals surface area contributed by atoms with Gasteiger partial charge in [0.05, 0.1) is 17.7 Å². The summed E-state index contributed by atoms with van der Waals surface area (Å²) in [7, 11) is 0. The largest absolute Gasteiger partial charge is 0.346 e. The third-order valence-electron chi connectivity index (χ3n) is 2.99. The summed E-state index contributed by atoms with van der Waals surface area (Å²) in [5.41, 5.74) is 2.13. The lowest BCUT2D eigenvalue weighted by atomic mass is 10.1. The monoisotopic (exact) mass is 328 g/mol. The van der Waals surface area contributed by atoms with Crippen LogP contribution >= 0.6 is 15.9 Å². The van der Waals surface area contributed by atoms with Gasteiger partial charge >= 0.3 is 0 Å². The molecule has 0 bridgehead atoms. The molecule has 4 heteroatoms. The van der Waals surface area contributed by atoms with Crippen LogP contribution in [0, 0.1) is 11.3 Å². The average Bonchev–Trinajstić information content (AvgIpc) is 2.48. The molecule has 0 heterocycles. The molecule has 1 amide bonds. The number of hydrogen-bond donors (Lipinski definition) is 1. The Bertz CT molecular complexity index is 642. The second-order valence-corrected chi connectivity index (χ2v) is 5.35. The standard InChI is InChI=1S/C16H13BrN2O/c1-11(13-6-8-15(17)9-7-13)19-16(20)14-4-2-12(10-18)3-5-14/h2-9,11H,1H3,(H,19,20)/t11-/m0/s1. The minimum Gasteiger partial charge on any atom is -0.346 e. The average molecular weight is 329 g/mol. The van der Waals surface area contributed by atoms with Gasteiger partial charge in [0.1, 0.15) is 0 Å². The summed E-state index contributed by atoms with van der Waals surface area (Å²) < 4.78 is 1.01. The fourth-order valence-electron chi connectivity index (χ4n) is 1.81. The molecule has 0 fully saturated rings. The molecule has 0 saturated heterocycles. The smallest absolute Gasteiger partial charge is 0.251 e. The molecule has 0 unspecified atom stereocenters. The van der Waals surface area contributed by atoms with Crippen molar-refractivity contribution in [2.24, 2.45) is 0 Å². The van der Waals surface area contributed by atoms with Crippen LogP contribution in [-0.2, 0) is 0 Å². The van der Waals surface area contributed by atoms with E-state index in [1.807, 2.05) is 37.3 Å². The van der Waals surface area contributed by atoms with E-state index in [1.165, 1.54) is 0 Å². The minimum absolute atomic E-state index is 0.0776. The van der Waals surface area contributed by atoms with Gasteiger partial charge in [-0.1, -0.05) is 28.1 Å². The zero-order valence-corrected chi connectivity index (χ0v) is 12.5. The van der Waals surface area contributed by atoms with E-state index < -0.39 is 0 Å². The summed E-state index contributed by atoms with van der Waals surface area (Å²) >= 11 is 3.38. The highest BCUT2D eigenvalue weighted by atomic mass is 79.9. The first-order valence-electron chi connectivity index (χ1n) is 6.16. The third-order valence-corrected chi connectivity index (χ3v) is 3.52. The lowest BCUT2D eigenvalue weighted by Gasteiger charge is -2.14. The Kier molecular flexibility index (Phi) is 4.54. The molecule has 0 saturated carbocycles. The van der Waals surface area contributed by atoms with Gasteiger partial charge in [-0.2, -0.15) is 5.26 Å². The first kappa shape index (κ1) is 14.3. The molecule has 1 atom stereocenters. The highest BCUT2D eigenvalue weighted by molar-refractivity contribution is 9.10. The molecule has 0 spiro atoms. The summed E-state index contributed by atoms with van der Waals surface area (Å²) in [5, 5.41) is 11.7. The maximum Gasteiger partial charge on any atom is 0.251 e. The van der Waals surface area contributed by atoms with Gasteiger partial charge in [-0.3, -0.25) is 4.79 Å². The number of amides is 1. The lowest BCUT2D eigenvalue weighted by molar-refractivity contribution is 0.0940. The number of benzene rings is 2. The van der Waals surface area contributed by atoms with E-state index in [2.05, 4.69) is 21.2 Å². The van der Waals surface area contributed by atoms with Crippen molar-refractivity contribution in [1.29, 1.82) is 5.26 Å². The molecule has 3 nitrogen and oxygen atoms in total. The zero-order valence-electron chi connectivity index (χ0n) is 10.9. The van der Waals surface area contributed by atoms with Gasteiger partial charge in [-0.15, -0.1) is 0 Å². The molecule has 0 aliphatic carbocycles. The number of nitrogens with zero attached hydrogens (tertiary/aromatic N) is 1. The summed E-state index contributed by atoms with van der Waals surface area (Å²) in [4.78, 5) is 12.1. The molecule has 20 heavy (non-hydrogen) atoms. The Balaban J connectivity index is 2.06. The van der Waals surface area contributed by atoms with Gasteiger partial charge in [-0.25, -0.2) is 0 Å². The Hall–Kier alpha value is -2.12. The van der Waals surface area contributed by atoms with E-state index in [0.29, 0.717) is 11.1 Å². The van der Waals surface area contributed by atoms with E-state index in [4.69, 9.17) is 5.26 Å². The zero-order chi connectivity index (χ0) is 14.5. The number of halogens is 1. The molecule has 2 rings (SSSR count). The number of rotatable bonds is 3. The number of nitriles is 1. The Morgan fingerprint density at radius 2 is 1.75 bits per heavy atom. The SMILES string of the molecule is C[C@H](NC(=O)c1ccc(C#N)cc1)c1ccc(Br)cc1. The second-order valence-electron chi connectivity index (χ2n) is 4.44. The van der Waals surface area contributed by atoms with Crippen molar-refractivity contribution < 1.29 is 4.79 Å². The van der Waals surface area contributed by atoms with Crippen molar-refractivity contribution in [3.8, 4) is 6.07 Å². The minimum atomic E-state index is -0.148. The van der Waals surface area contributed by atoms with Crippen molar-refractivity contribution in [3.05, 3.63) is 69.7 Å². The normalized spacial score (nSPS) is 11.4. The van der Waals surface area contributed by atoms with Crippen LogP contribution in [0.25, 0.3) is 0 Å². The van der Waals surface area contributed by atoms with E-state index in [9.17, 15) is 4.79 Å². The van der Waals surface area contributed by atoms with E-state index >= 15 is 0 Å². The van der Waals surface area contributed by atoms with Crippen LogP contribution in [-0.4, -0.2) is 5.91 Å². The summed E-state index contributed by atoms with van der Waals surface area (Å²) in [6, 6.07) is 16.4. The van der Waals surface area contributed by atoms with Gasteiger partial charge in [0.15, 0.2) is 0 Å². The molecular formula is C16H13BrN2O. The topological polar surface area (TPSA) is 52.9 Å². The molecule has 0 radical (unpaired) electrons. The Morgan fingerprint density at radius 3 is 2.30 bits per heavy atom. The van der Waals surface area contributed by atoms with Gasteiger partial charge < -0.3 is 5.32 Å². The highest BCUT2D eigenvalue weighted by Gasteiger charge is 2.11. The van der Waals surface area contributed by atoms with E-state index in [1.54, 1.807) is 24.3 Å². The van der Waals surface area contributed by atoms with Crippen molar-refractivity contribution >= 4 is 21.8 Å². The van der Waals surface area contributed by atoms with Crippen LogP contribution in [0.15, 0.2) is 53.0 Å². The quantitative estimate of drug-likeness (QED) is 0.931. The predicted octanol–water partition coefficient (Wildman–Crippen LogP) is 3.81. The second kappa shape index (κ2) is 6.36. The maximum atomic E-state index is 12.1. The summed E-state index contributed by atoms with van der Waals surface area (Å²) in [5.74, 6) is -0.148. The van der Waals surface area contributed by atoms with Gasteiger partial charge in [0.2, 0.25) is 0 Å². The van der Waals surface area contributed by atoms with Crippen LogP contribution < -0.4 is 5.32 Å². The summed E-state index contributed by atoms with van der Waals surface area (Å²) in [6.45, 7) is 1.94. The number of carbonyl (C=O) groups is 1. The van der Waals surface area contributed by atoms with Gasteiger partial charge in [0.25, 0.3) is 5.91 Å². The molecule has 0 aromatic heterocycles. The van der Waals surface area contributed by atoms with Crippen molar-refractivity contribution in [2.75, 3.05) is 0 Å². The first-order chi connectivity index (χ1) is 9.60. The third kappa shape index (κ3) is 3.46. The van der Waals surface area contributed by atoms with E-state index in [-0.39, 0.29) is 11.9 Å². The van der Waals surface area contributed by atoms with Gasteiger partial charge in [-0.05, 0) is 48.9 Å². The van der Waals surface area contributed by atoms with Crippen LogP contribution in [0.1, 0.15) is 34.5 Å². The van der Waals surface area contributed by atoms with Crippen molar-refractivity contribution in [1.82, 2.24) is 5.32 Å². The number of hydrogen-bond acceptors (Lipinski definition) is 2. The van der Waals surface area contributed by atoms with Gasteiger partial charge in [0, 0.05) is 10.0 Å². The van der Waals surface area contributed by atoms with Crippen LogP contribution in [0.5, 0.6) is 0 Å². The molecule has 2 aromatic carbocycles. The molecule has 0 aliphatic heterocycles. The van der Waals surface area contributed by atoms with Crippen LogP contribution in [0.4, 0.5) is 0 Å². The molecule has 100 valence electrons. The fourth-order valence-corrected chi connectivity index (χ4v) is 2.08. The van der Waals surface area contributed by atoms with Crippen LogP contribution in [0.3, 0.4) is 0 Å². The van der Waals surface area contributed by atoms with E-state index in [0.717, 1.165) is 10.0 Å². The fraction of sp³-hybridized carbons (Fsp3) is 0.125. The van der Waals surface area contributed by atoms with Crippen LogP contribution in [0.2, 0.25) is 0 Å². The number of nitrogens with one attached hydrogen (secondary N) is 1. The number of carbonyl (C=O) groups excluding carboxylic acids is 1. The molecule has 2 aromatic rings. The Morgan fingerprint density at radius 1 is 1.15 bits per heavy atom.